The standard InChI is InChI=1S/C32H16N8.2ClH.Zr/c1-2-10-18-17(9-1)25-33-26(18)38-28-21-13-5-6-14-22(21)30(35-28)40-32-24-16-8-7-15-23(24)31(36-32)39-29-20-12-4-3-11-19(20)27(34-29)37-25;;;/h1-16H;2*1H;/q-2;;;+4/p-2. The van der Waals surface area contributed by atoms with Crippen molar-refractivity contribution in [2.45, 2.75) is 0 Å². The molecule has 8 bridgehead atoms. The van der Waals surface area contributed by atoms with Crippen LogP contribution >= 0.6 is 17.0 Å². The Morgan fingerprint density at radius 2 is 0.605 bits per heavy atom. The van der Waals surface area contributed by atoms with Gasteiger partial charge in [0.25, 0.3) is 0 Å². The van der Waals surface area contributed by atoms with Crippen LogP contribution in [0.4, 0.5) is 0 Å². The second-order valence-corrected chi connectivity index (χ2v) is 13.5. The molecule has 2 aliphatic rings. The third kappa shape index (κ3) is 4.47. The van der Waals surface area contributed by atoms with Gasteiger partial charge in [0.05, 0.1) is 23.3 Å². The second kappa shape index (κ2) is 10.8. The summed E-state index contributed by atoms with van der Waals surface area (Å²) in [6, 6.07) is 31.8. The topological polar surface area (TPSA) is 106 Å². The normalized spacial score (nSPS) is 11.4. The van der Waals surface area contributed by atoms with Crippen LogP contribution in [0.15, 0.2) is 97.1 Å². The molecule has 2 aliphatic heterocycles. The van der Waals surface area contributed by atoms with E-state index in [1.165, 1.54) is 0 Å². The zero-order chi connectivity index (χ0) is 28.9. The SMILES string of the molecule is [Cl][Zr+2][Cl].c1ccc2c(c1)-c1nc-2nc2[n-]c(nc3nc(nc4[n-]c(n1)c1ccccc41)-c1ccccc1-3)c1ccccc21. The number of halogens is 2. The summed E-state index contributed by atoms with van der Waals surface area (Å²) in [6.45, 7) is 0. The largest absolute Gasteiger partial charge is 0.357 e. The van der Waals surface area contributed by atoms with Crippen LogP contribution in [0.1, 0.15) is 0 Å². The Bertz CT molecular complexity index is 2060. The Hall–Kier alpha value is -4.30. The fourth-order valence-corrected chi connectivity index (χ4v) is 5.46. The van der Waals surface area contributed by atoms with Gasteiger partial charge in [-0.05, 0) is 21.5 Å². The smallest absolute Gasteiger partial charge is 0.0927 e. The van der Waals surface area contributed by atoms with E-state index in [1.807, 2.05) is 97.1 Å². The molecule has 3 aromatic heterocycles. The van der Waals surface area contributed by atoms with Crippen LogP contribution in [-0.2, 0) is 20.8 Å². The third-order valence-corrected chi connectivity index (χ3v) is 7.33. The molecular weight excluding hydrogens is 659 g/mol. The van der Waals surface area contributed by atoms with Crippen molar-refractivity contribution in [2.75, 3.05) is 0 Å². The molecule has 0 aliphatic carbocycles. The number of hydrogen-bond donors (Lipinski definition) is 0. The number of aromatic nitrogens is 8. The summed E-state index contributed by atoms with van der Waals surface area (Å²) >= 11 is -0.826. The van der Waals surface area contributed by atoms with Crippen molar-refractivity contribution in [2.24, 2.45) is 0 Å². The van der Waals surface area contributed by atoms with Gasteiger partial charge in [-0.2, -0.15) is 0 Å². The molecule has 202 valence electrons. The molecule has 0 saturated heterocycles. The van der Waals surface area contributed by atoms with Gasteiger partial charge in [-0.3, -0.25) is 0 Å². The molecule has 0 spiro atoms. The fourth-order valence-electron chi connectivity index (χ4n) is 5.46. The maximum Gasteiger partial charge on any atom is 0.0927 e. The van der Waals surface area contributed by atoms with Crippen molar-refractivity contribution < 1.29 is 20.8 Å². The van der Waals surface area contributed by atoms with E-state index < -0.39 is 20.8 Å². The summed E-state index contributed by atoms with van der Waals surface area (Å²) in [5, 5.41) is 3.57. The summed E-state index contributed by atoms with van der Waals surface area (Å²) in [7, 11) is 9.87. The van der Waals surface area contributed by atoms with Crippen molar-refractivity contribution in [3.05, 3.63) is 97.1 Å². The predicted molar refractivity (Wildman–Crippen MR) is 166 cm³/mol. The van der Waals surface area contributed by atoms with Crippen LogP contribution in [0.3, 0.4) is 0 Å². The maximum atomic E-state index is 4.95. The first-order valence-corrected chi connectivity index (χ1v) is 19.6. The van der Waals surface area contributed by atoms with Gasteiger partial charge in [0.15, 0.2) is 0 Å². The zero-order valence-electron chi connectivity index (χ0n) is 22.1. The number of nitrogens with zero attached hydrogens (tertiary/aromatic N) is 8. The minimum absolute atomic E-state index is 0.552. The zero-order valence-corrected chi connectivity index (χ0v) is 26.0. The number of hydrogen-bond acceptors (Lipinski definition) is 6. The summed E-state index contributed by atoms with van der Waals surface area (Å²) in [4.78, 5) is 39.3. The molecule has 8 nitrogen and oxygen atoms in total. The van der Waals surface area contributed by atoms with Crippen LogP contribution in [-0.4, -0.2) is 29.9 Å². The van der Waals surface area contributed by atoms with Crippen LogP contribution in [0.5, 0.6) is 0 Å². The number of fused-ring (bicyclic) bond motifs is 20. The number of rotatable bonds is 0. The molecule has 0 amide bonds. The first kappa shape index (κ1) is 26.3. The van der Waals surface area contributed by atoms with Gasteiger partial charge in [-0.1, -0.05) is 97.1 Å². The van der Waals surface area contributed by atoms with E-state index in [4.69, 9.17) is 56.9 Å². The molecular formula is C32H16Cl2N8Zr. The fraction of sp³-hybridized carbons (Fsp3) is 0. The van der Waals surface area contributed by atoms with Crippen LogP contribution in [0, 0.1) is 0 Å². The first-order valence-electron chi connectivity index (χ1n) is 13.3. The van der Waals surface area contributed by atoms with E-state index in [2.05, 4.69) is 0 Å². The number of benzene rings is 4. The molecule has 0 radical (unpaired) electrons. The van der Waals surface area contributed by atoms with Crippen molar-refractivity contribution in [1.82, 2.24) is 39.9 Å². The molecule has 11 heteroatoms. The molecule has 0 saturated carbocycles. The van der Waals surface area contributed by atoms with Crippen molar-refractivity contribution in [3.8, 4) is 45.6 Å². The van der Waals surface area contributed by atoms with E-state index in [0.717, 1.165) is 43.8 Å². The monoisotopic (exact) mass is 672 g/mol. The van der Waals surface area contributed by atoms with E-state index in [-0.39, 0.29) is 0 Å². The van der Waals surface area contributed by atoms with Gasteiger partial charge in [0, 0.05) is 44.8 Å². The molecule has 0 unspecified atom stereocenters. The van der Waals surface area contributed by atoms with Gasteiger partial charge >= 0.3 is 37.9 Å². The third-order valence-electron chi connectivity index (χ3n) is 7.33. The van der Waals surface area contributed by atoms with Crippen LogP contribution in [0.2, 0.25) is 0 Å². The van der Waals surface area contributed by atoms with Gasteiger partial charge in [-0.15, -0.1) is 0 Å². The molecule has 5 heterocycles. The van der Waals surface area contributed by atoms with E-state index in [9.17, 15) is 0 Å². The predicted octanol–water partition coefficient (Wildman–Crippen LogP) is 7.50. The first-order chi connectivity index (χ1) is 21.2. The second-order valence-electron chi connectivity index (χ2n) is 9.74. The Balaban J connectivity index is 0.000000892. The Morgan fingerprint density at radius 3 is 0.860 bits per heavy atom. The van der Waals surface area contributed by atoms with Gasteiger partial charge in [0.2, 0.25) is 0 Å². The minimum atomic E-state index is -0.826. The van der Waals surface area contributed by atoms with Gasteiger partial charge in [0.1, 0.15) is 0 Å². The summed E-state index contributed by atoms with van der Waals surface area (Å²) in [5.41, 5.74) is 5.78. The quantitative estimate of drug-likeness (QED) is 0.163. The van der Waals surface area contributed by atoms with Crippen molar-refractivity contribution in [3.63, 3.8) is 0 Å². The average Bonchev–Trinajstić information content (AvgIpc) is 3.77. The Labute approximate surface area is 262 Å². The Kier molecular flexibility index (Phi) is 6.59. The summed E-state index contributed by atoms with van der Waals surface area (Å²) in [5.74, 6) is 2.21. The minimum Gasteiger partial charge on any atom is -0.357 e. The average molecular weight is 675 g/mol. The van der Waals surface area contributed by atoms with Crippen molar-refractivity contribution in [1.29, 1.82) is 0 Å². The van der Waals surface area contributed by atoms with Gasteiger partial charge < -0.3 is 29.9 Å². The molecule has 4 aromatic carbocycles. The molecule has 0 fully saturated rings. The summed E-state index contributed by atoms with van der Waals surface area (Å²) in [6.07, 6.45) is 0. The maximum absolute atomic E-state index is 4.95. The molecule has 9 rings (SSSR count). The van der Waals surface area contributed by atoms with E-state index in [0.29, 0.717) is 45.9 Å². The molecule has 7 aromatic rings. The summed E-state index contributed by atoms with van der Waals surface area (Å²) < 4.78 is 0. The van der Waals surface area contributed by atoms with E-state index >= 15 is 0 Å². The van der Waals surface area contributed by atoms with E-state index in [1.54, 1.807) is 0 Å². The molecule has 0 N–H and O–H groups in total. The molecule has 0 atom stereocenters. The van der Waals surface area contributed by atoms with Crippen LogP contribution in [0.25, 0.3) is 89.7 Å². The Morgan fingerprint density at radius 1 is 0.372 bits per heavy atom. The molecule has 43 heavy (non-hydrogen) atoms. The van der Waals surface area contributed by atoms with Gasteiger partial charge in [-0.25, -0.2) is 9.97 Å². The van der Waals surface area contributed by atoms with Crippen molar-refractivity contribution >= 4 is 61.2 Å². The van der Waals surface area contributed by atoms with Crippen LogP contribution < -0.4 is 9.97 Å².